The Labute approximate surface area is 99.0 Å². The van der Waals surface area contributed by atoms with Gasteiger partial charge in [-0.25, -0.2) is 0 Å². The fourth-order valence-electron chi connectivity index (χ4n) is 1.73. The maximum Gasteiger partial charge on any atom is 0.0664 e. The molecule has 1 unspecified atom stereocenters. The number of benzene rings is 1. The zero-order chi connectivity index (χ0) is 12.0. The van der Waals surface area contributed by atoms with Gasteiger partial charge < -0.3 is 10.1 Å². The van der Waals surface area contributed by atoms with E-state index in [1.54, 1.807) is 0 Å². The molecular weight excluding hydrogens is 198 g/mol. The second-order valence-corrected chi connectivity index (χ2v) is 4.45. The van der Waals surface area contributed by atoms with Gasteiger partial charge in [-0.15, -0.1) is 0 Å². The maximum absolute atomic E-state index is 5.41. The number of hydrogen-bond acceptors (Lipinski definition) is 2. The Morgan fingerprint density at radius 3 is 2.50 bits per heavy atom. The van der Waals surface area contributed by atoms with Gasteiger partial charge in [-0.2, -0.15) is 0 Å². The lowest BCUT2D eigenvalue weighted by Gasteiger charge is -2.19. The zero-order valence-electron chi connectivity index (χ0n) is 10.8. The molecule has 1 atom stereocenters. The number of anilines is 1. The molecule has 0 aliphatic rings. The normalized spacial score (nSPS) is 12.8. The highest BCUT2D eigenvalue weighted by Gasteiger charge is 2.08. The van der Waals surface area contributed by atoms with Crippen molar-refractivity contribution >= 4 is 5.69 Å². The van der Waals surface area contributed by atoms with Crippen LogP contribution in [-0.2, 0) is 4.74 Å². The summed E-state index contributed by atoms with van der Waals surface area (Å²) in [6, 6.07) is 8.83. The largest absolute Gasteiger partial charge is 0.380 e. The van der Waals surface area contributed by atoms with E-state index >= 15 is 0 Å². The third-order valence-corrected chi connectivity index (χ3v) is 2.56. The monoisotopic (exact) mass is 221 g/mol. The van der Waals surface area contributed by atoms with Crippen molar-refractivity contribution in [3.05, 3.63) is 29.8 Å². The molecule has 0 heterocycles. The Balaban J connectivity index is 2.65. The van der Waals surface area contributed by atoms with Crippen molar-refractivity contribution in [1.82, 2.24) is 0 Å². The second-order valence-electron chi connectivity index (χ2n) is 4.45. The van der Waals surface area contributed by atoms with E-state index in [0.717, 1.165) is 13.2 Å². The van der Waals surface area contributed by atoms with E-state index in [4.69, 9.17) is 4.74 Å². The number of para-hydroxylation sites is 1. The molecule has 0 bridgehead atoms. The Morgan fingerprint density at radius 2 is 1.88 bits per heavy atom. The van der Waals surface area contributed by atoms with Crippen LogP contribution in [0.3, 0.4) is 0 Å². The van der Waals surface area contributed by atoms with Gasteiger partial charge in [0.1, 0.15) is 0 Å². The van der Waals surface area contributed by atoms with Gasteiger partial charge in [-0.3, -0.25) is 0 Å². The highest BCUT2D eigenvalue weighted by molar-refractivity contribution is 5.53. The number of ether oxygens (including phenoxy) is 1. The van der Waals surface area contributed by atoms with E-state index in [1.165, 1.54) is 11.3 Å². The first kappa shape index (κ1) is 13.0. The molecule has 0 saturated heterocycles. The Bertz CT molecular complexity index is 309. The topological polar surface area (TPSA) is 21.3 Å². The van der Waals surface area contributed by atoms with Crippen LogP contribution in [0.15, 0.2) is 24.3 Å². The highest BCUT2D eigenvalue weighted by Crippen LogP contribution is 2.24. The molecule has 0 aromatic heterocycles. The quantitative estimate of drug-likeness (QED) is 0.791. The molecule has 2 heteroatoms. The van der Waals surface area contributed by atoms with Crippen molar-refractivity contribution in [2.75, 3.05) is 18.5 Å². The lowest BCUT2D eigenvalue weighted by Crippen LogP contribution is -2.22. The molecule has 90 valence electrons. The van der Waals surface area contributed by atoms with Crippen LogP contribution in [-0.4, -0.2) is 19.3 Å². The summed E-state index contributed by atoms with van der Waals surface area (Å²) in [6.45, 7) is 10.1. The molecule has 1 rings (SSSR count). The summed E-state index contributed by atoms with van der Waals surface area (Å²) in [5.74, 6) is 0.544. The molecule has 1 N–H and O–H groups in total. The molecule has 0 radical (unpaired) electrons. The van der Waals surface area contributed by atoms with Gasteiger partial charge in [0.05, 0.1) is 6.61 Å². The van der Waals surface area contributed by atoms with E-state index in [0.29, 0.717) is 12.0 Å². The first-order chi connectivity index (χ1) is 7.65. The van der Waals surface area contributed by atoms with Crippen molar-refractivity contribution in [2.24, 2.45) is 0 Å². The van der Waals surface area contributed by atoms with Crippen LogP contribution in [0.4, 0.5) is 5.69 Å². The Hall–Kier alpha value is -1.02. The molecule has 2 nitrogen and oxygen atoms in total. The third-order valence-electron chi connectivity index (χ3n) is 2.56. The minimum Gasteiger partial charge on any atom is -0.380 e. The molecule has 1 aromatic rings. The molecule has 1 aromatic carbocycles. The van der Waals surface area contributed by atoms with Crippen molar-refractivity contribution in [3.8, 4) is 0 Å². The first-order valence-electron chi connectivity index (χ1n) is 6.08. The van der Waals surface area contributed by atoms with E-state index in [9.17, 15) is 0 Å². The van der Waals surface area contributed by atoms with Gasteiger partial charge in [-0.1, -0.05) is 32.0 Å². The van der Waals surface area contributed by atoms with Crippen LogP contribution in [0, 0.1) is 0 Å². The van der Waals surface area contributed by atoms with Crippen molar-refractivity contribution in [3.63, 3.8) is 0 Å². The van der Waals surface area contributed by atoms with Gasteiger partial charge in [-0.05, 0) is 31.4 Å². The summed E-state index contributed by atoms with van der Waals surface area (Å²) in [4.78, 5) is 0. The van der Waals surface area contributed by atoms with Crippen LogP contribution >= 0.6 is 0 Å². The highest BCUT2D eigenvalue weighted by atomic mass is 16.5. The Morgan fingerprint density at radius 1 is 1.19 bits per heavy atom. The zero-order valence-corrected chi connectivity index (χ0v) is 10.8. The molecule has 16 heavy (non-hydrogen) atoms. The summed E-state index contributed by atoms with van der Waals surface area (Å²) in [6.07, 6.45) is 0. The minimum atomic E-state index is 0.347. The van der Waals surface area contributed by atoms with E-state index < -0.39 is 0 Å². The van der Waals surface area contributed by atoms with Gasteiger partial charge in [0.25, 0.3) is 0 Å². The standard InChI is InChI=1S/C14H23NO/c1-5-16-10-12(4)15-14-9-7-6-8-13(14)11(2)3/h6-9,11-12,15H,5,10H2,1-4H3. The fraction of sp³-hybridized carbons (Fsp3) is 0.571. The summed E-state index contributed by atoms with van der Waals surface area (Å²) >= 11 is 0. The smallest absolute Gasteiger partial charge is 0.0664 e. The molecule has 0 amide bonds. The third kappa shape index (κ3) is 3.86. The average Bonchev–Trinajstić information content (AvgIpc) is 2.27. The van der Waals surface area contributed by atoms with Gasteiger partial charge in [0.15, 0.2) is 0 Å². The second kappa shape index (κ2) is 6.54. The predicted molar refractivity (Wildman–Crippen MR) is 70.1 cm³/mol. The number of hydrogen-bond donors (Lipinski definition) is 1. The van der Waals surface area contributed by atoms with Crippen LogP contribution in [0.5, 0.6) is 0 Å². The fourth-order valence-corrected chi connectivity index (χ4v) is 1.73. The summed E-state index contributed by atoms with van der Waals surface area (Å²) in [5.41, 5.74) is 2.59. The van der Waals surface area contributed by atoms with Crippen LogP contribution in [0.1, 0.15) is 39.2 Å². The van der Waals surface area contributed by atoms with Crippen molar-refractivity contribution in [1.29, 1.82) is 0 Å². The molecule has 0 fully saturated rings. The minimum absolute atomic E-state index is 0.347. The van der Waals surface area contributed by atoms with Crippen molar-refractivity contribution in [2.45, 2.75) is 39.7 Å². The van der Waals surface area contributed by atoms with Crippen LogP contribution in [0.2, 0.25) is 0 Å². The number of nitrogens with one attached hydrogen (secondary N) is 1. The van der Waals surface area contributed by atoms with Gasteiger partial charge in [0, 0.05) is 18.3 Å². The molecule has 0 saturated carbocycles. The summed E-state index contributed by atoms with van der Waals surface area (Å²) in [5, 5.41) is 3.50. The Kier molecular flexibility index (Phi) is 5.33. The van der Waals surface area contributed by atoms with Gasteiger partial charge in [0.2, 0.25) is 0 Å². The molecular formula is C14H23NO. The van der Waals surface area contributed by atoms with Crippen LogP contribution in [0.25, 0.3) is 0 Å². The summed E-state index contributed by atoms with van der Waals surface area (Å²) < 4.78 is 5.41. The maximum atomic E-state index is 5.41. The van der Waals surface area contributed by atoms with E-state index in [-0.39, 0.29) is 0 Å². The van der Waals surface area contributed by atoms with Crippen molar-refractivity contribution < 1.29 is 4.74 Å². The predicted octanol–water partition coefficient (Wildman–Crippen LogP) is 3.65. The number of rotatable bonds is 6. The molecule has 0 aliphatic heterocycles. The lowest BCUT2D eigenvalue weighted by molar-refractivity contribution is 0.141. The lowest BCUT2D eigenvalue weighted by atomic mass is 10.0. The van der Waals surface area contributed by atoms with E-state index in [1.807, 2.05) is 6.92 Å². The SMILES string of the molecule is CCOCC(C)Nc1ccccc1C(C)C. The van der Waals surface area contributed by atoms with E-state index in [2.05, 4.69) is 50.4 Å². The molecule has 0 spiro atoms. The average molecular weight is 221 g/mol. The first-order valence-corrected chi connectivity index (χ1v) is 6.08. The summed E-state index contributed by atoms with van der Waals surface area (Å²) in [7, 11) is 0. The van der Waals surface area contributed by atoms with Gasteiger partial charge >= 0.3 is 0 Å². The molecule has 0 aliphatic carbocycles. The van der Waals surface area contributed by atoms with Crippen LogP contribution < -0.4 is 5.32 Å².